The van der Waals surface area contributed by atoms with Crippen molar-refractivity contribution in [2.24, 2.45) is 0 Å². The smallest absolute Gasteiger partial charge is 0.368 e. The van der Waals surface area contributed by atoms with E-state index >= 15 is 0 Å². The highest BCUT2D eigenvalue weighted by atomic mass is 19.4. The molecule has 0 radical (unpaired) electrons. The lowest BCUT2D eigenvalue weighted by Crippen LogP contribution is -2.39. The average Bonchev–Trinajstić information content (AvgIpc) is 2.15. The average molecular weight is 217 g/mol. The first-order valence-corrected chi connectivity index (χ1v) is 3.87. The van der Waals surface area contributed by atoms with E-state index in [4.69, 9.17) is 0 Å². The summed E-state index contributed by atoms with van der Waals surface area (Å²) in [5.74, 6) is -4.61. The van der Waals surface area contributed by atoms with Gasteiger partial charge in [-0.15, -0.1) is 0 Å². The molecule has 1 unspecified atom stereocenters. The van der Waals surface area contributed by atoms with E-state index in [1.807, 2.05) is 0 Å². The summed E-state index contributed by atoms with van der Waals surface area (Å²) in [5, 5.41) is 2.59. The molecule has 2 nitrogen and oxygen atoms in total. The molecule has 0 aromatic heterocycles. The quantitative estimate of drug-likeness (QED) is 0.675. The largest absolute Gasteiger partial charge is 0.445 e. The first kappa shape index (κ1) is 11.4. The minimum Gasteiger partial charge on any atom is -0.368 e. The molecule has 1 atom stereocenters. The number of hydrogen-bond acceptors (Lipinski definition) is 2. The number of hydrogen-bond donors (Lipinski definition) is 1. The number of morpholine rings is 1. The Hall–Kier alpha value is -0.690. The molecular weight excluding hydrogens is 209 g/mol. The lowest BCUT2D eigenvalue weighted by molar-refractivity contribution is -0.114. The van der Waals surface area contributed by atoms with Gasteiger partial charge in [0.05, 0.1) is 6.61 Å². The van der Waals surface area contributed by atoms with Gasteiger partial charge in [0.15, 0.2) is 5.83 Å². The minimum atomic E-state index is -5.29. The molecular formula is C7H8F5NO. The fourth-order valence-corrected chi connectivity index (χ4v) is 1.00. The van der Waals surface area contributed by atoms with Crippen molar-refractivity contribution in [1.82, 2.24) is 5.32 Å². The molecule has 0 bridgehead atoms. The Morgan fingerprint density at radius 3 is 2.36 bits per heavy atom. The number of allylic oxidation sites excluding steroid dienone is 1. The molecule has 82 valence electrons. The van der Waals surface area contributed by atoms with E-state index < -0.39 is 23.9 Å². The van der Waals surface area contributed by atoms with Crippen molar-refractivity contribution < 1.29 is 26.7 Å². The van der Waals surface area contributed by atoms with Crippen LogP contribution in [0.5, 0.6) is 0 Å². The van der Waals surface area contributed by atoms with Gasteiger partial charge in [-0.2, -0.15) is 17.6 Å². The topological polar surface area (TPSA) is 21.3 Å². The zero-order chi connectivity index (χ0) is 10.8. The lowest BCUT2D eigenvalue weighted by atomic mass is 10.2. The monoisotopic (exact) mass is 217 g/mol. The Balaban J connectivity index is 2.74. The van der Waals surface area contributed by atoms with Gasteiger partial charge in [0.2, 0.25) is 5.83 Å². The van der Waals surface area contributed by atoms with Crippen molar-refractivity contribution in [3.05, 3.63) is 11.7 Å². The molecule has 1 fully saturated rings. The van der Waals surface area contributed by atoms with E-state index in [9.17, 15) is 22.0 Å². The number of rotatable bonds is 1. The fraction of sp³-hybridized carbons (Fsp3) is 0.714. The Bertz CT molecular complexity index is 231. The molecule has 0 saturated carbocycles. The Morgan fingerprint density at radius 1 is 1.29 bits per heavy atom. The maximum Gasteiger partial charge on any atom is 0.445 e. The molecule has 1 heterocycles. The highest BCUT2D eigenvalue weighted by molar-refractivity contribution is 5.11. The van der Waals surface area contributed by atoms with Crippen LogP contribution in [0.4, 0.5) is 22.0 Å². The summed E-state index contributed by atoms with van der Waals surface area (Å²) in [7, 11) is 0. The summed E-state index contributed by atoms with van der Waals surface area (Å²) in [5.41, 5.74) is 0. The van der Waals surface area contributed by atoms with Crippen LogP contribution >= 0.6 is 0 Å². The van der Waals surface area contributed by atoms with Crippen LogP contribution in [0, 0.1) is 0 Å². The van der Waals surface area contributed by atoms with Gasteiger partial charge in [-0.25, -0.2) is 4.39 Å². The molecule has 1 rings (SSSR count). The summed E-state index contributed by atoms with van der Waals surface area (Å²) >= 11 is 0. The van der Waals surface area contributed by atoms with Crippen molar-refractivity contribution in [3.63, 3.8) is 0 Å². The maximum atomic E-state index is 12.8. The summed E-state index contributed by atoms with van der Waals surface area (Å²) in [4.78, 5) is 0. The van der Waals surface area contributed by atoms with Crippen LogP contribution in [0.15, 0.2) is 11.7 Å². The zero-order valence-corrected chi connectivity index (χ0v) is 7.00. The van der Waals surface area contributed by atoms with Crippen LogP contribution in [-0.4, -0.2) is 32.0 Å². The van der Waals surface area contributed by atoms with Crippen LogP contribution in [0.3, 0.4) is 0 Å². The standard InChI is InChI=1S/C7H8F5NO/c8-5(6(9)7(10,11)12)4-3-13-1-2-14-4/h4,13H,1-3H2. The van der Waals surface area contributed by atoms with Crippen molar-refractivity contribution in [3.8, 4) is 0 Å². The van der Waals surface area contributed by atoms with Crippen molar-refractivity contribution >= 4 is 0 Å². The van der Waals surface area contributed by atoms with E-state index in [0.29, 0.717) is 6.54 Å². The molecule has 14 heavy (non-hydrogen) atoms. The molecule has 0 amide bonds. The molecule has 0 aromatic rings. The first-order valence-electron chi connectivity index (χ1n) is 3.87. The molecule has 1 aliphatic rings. The second-order valence-electron chi connectivity index (χ2n) is 2.72. The SMILES string of the molecule is FC(=C(F)C(F)(F)F)C1CNCCO1. The minimum absolute atomic E-state index is 0.0588. The highest BCUT2D eigenvalue weighted by Crippen LogP contribution is 2.31. The van der Waals surface area contributed by atoms with Crippen LogP contribution in [0.1, 0.15) is 0 Å². The van der Waals surface area contributed by atoms with Crippen LogP contribution < -0.4 is 5.32 Å². The molecule has 1 aliphatic heterocycles. The number of halogens is 5. The highest BCUT2D eigenvalue weighted by Gasteiger charge is 2.40. The molecule has 1 N–H and O–H groups in total. The van der Waals surface area contributed by atoms with Gasteiger partial charge < -0.3 is 10.1 Å². The summed E-state index contributed by atoms with van der Waals surface area (Å²) in [6, 6.07) is 0. The normalized spacial score (nSPS) is 25.9. The van der Waals surface area contributed by atoms with Gasteiger partial charge in [0.1, 0.15) is 6.10 Å². The number of alkyl halides is 3. The van der Waals surface area contributed by atoms with E-state index in [1.165, 1.54) is 0 Å². The Labute approximate surface area is 76.7 Å². The van der Waals surface area contributed by atoms with Crippen molar-refractivity contribution in [2.75, 3.05) is 19.7 Å². The molecule has 7 heteroatoms. The molecule has 1 saturated heterocycles. The van der Waals surface area contributed by atoms with E-state index in [2.05, 4.69) is 10.1 Å². The summed E-state index contributed by atoms with van der Waals surface area (Å²) in [6.07, 6.45) is -6.77. The first-order chi connectivity index (χ1) is 6.43. The van der Waals surface area contributed by atoms with E-state index in [-0.39, 0.29) is 13.2 Å². The molecule has 0 spiro atoms. The predicted octanol–water partition coefficient (Wildman–Crippen LogP) is 1.69. The second-order valence-corrected chi connectivity index (χ2v) is 2.72. The Morgan fingerprint density at radius 2 is 1.93 bits per heavy atom. The molecule has 0 aliphatic carbocycles. The van der Waals surface area contributed by atoms with Gasteiger partial charge >= 0.3 is 6.18 Å². The predicted molar refractivity (Wildman–Crippen MR) is 37.9 cm³/mol. The van der Waals surface area contributed by atoms with Gasteiger partial charge in [-0.1, -0.05) is 0 Å². The van der Waals surface area contributed by atoms with Gasteiger partial charge in [0, 0.05) is 13.1 Å². The van der Waals surface area contributed by atoms with Gasteiger partial charge in [0.25, 0.3) is 0 Å². The van der Waals surface area contributed by atoms with Crippen LogP contribution in [0.2, 0.25) is 0 Å². The molecule has 0 aromatic carbocycles. The number of nitrogens with one attached hydrogen (secondary N) is 1. The van der Waals surface area contributed by atoms with Crippen LogP contribution in [0.25, 0.3) is 0 Å². The third kappa shape index (κ3) is 2.65. The zero-order valence-electron chi connectivity index (χ0n) is 7.00. The second kappa shape index (κ2) is 4.22. The third-order valence-electron chi connectivity index (χ3n) is 1.67. The maximum absolute atomic E-state index is 12.8. The Kier molecular flexibility index (Phi) is 3.43. The lowest BCUT2D eigenvalue weighted by Gasteiger charge is -2.22. The third-order valence-corrected chi connectivity index (χ3v) is 1.67. The van der Waals surface area contributed by atoms with E-state index in [1.54, 1.807) is 0 Å². The van der Waals surface area contributed by atoms with Gasteiger partial charge in [-0.3, -0.25) is 0 Å². The number of ether oxygens (including phenoxy) is 1. The fourth-order valence-electron chi connectivity index (χ4n) is 1.00. The van der Waals surface area contributed by atoms with Crippen molar-refractivity contribution in [2.45, 2.75) is 12.3 Å². The summed E-state index contributed by atoms with van der Waals surface area (Å²) < 4.78 is 64.9. The summed E-state index contributed by atoms with van der Waals surface area (Å²) in [6.45, 7) is 0.315. The van der Waals surface area contributed by atoms with E-state index in [0.717, 1.165) is 0 Å². The van der Waals surface area contributed by atoms with Gasteiger partial charge in [-0.05, 0) is 0 Å². The van der Waals surface area contributed by atoms with Crippen LogP contribution in [-0.2, 0) is 4.74 Å². The van der Waals surface area contributed by atoms with Crippen molar-refractivity contribution in [1.29, 1.82) is 0 Å².